The molecule has 2 rings (SSSR count). The number of rotatable bonds is 6. The molecule has 0 unspecified atom stereocenters. The van der Waals surface area contributed by atoms with Crippen molar-refractivity contribution in [1.82, 2.24) is 5.32 Å². The van der Waals surface area contributed by atoms with Crippen LogP contribution < -0.4 is 14.8 Å². The summed E-state index contributed by atoms with van der Waals surface area (Å²) in [4.78, 5) is 12.3. The topological polar surface area (TPSA) is 47.6 Å². The summed E-state index contributed by atoms with van der Waals surface area (Å²) in [6, 6.07) is 5.63. The van der Waals surface area contributed by atoms with Gasteiger partial charge in [-0.05, 0) is 37.1 Å². The zero-order valence-corrected chi connectivity index (χ0v) is 13.6. The first-order valence-electron chi connectivity index (χ1n) is 6.78. The summed E-state index contributed by atoms with van der Waals surface area (Å²) in [5, 5.41) is 2.60. The molecule has 1 saturated heterocycles. The molecule has 0 bridgehead atoms. The smallest absolute Gasteiger partial charge is 0.263 e. The molecule has 1 aliphatic rings. The Morgan fingerprint density at radius 2 is 2.10 bits per heavy atom. The van der Waals surface area contributed by atoms with Crippen LogP contribution in [0, 0.1) is 0 Å². The summed E-state index contributed by atoms with van der Waals surface area (Å²) >= 11 is 6.24. The van der Waals surface area contributed by atoms with Gasteiger partial charge in [-0.1, -0.05) is 37.0 Å². The molecule has 4 nitrogen and oxygen atoms in total. The number of nitrogens with one attached hydrogen (secondary N) is 1. The standard InChI is InChI=1S/C15H17NO3S2/c1-3-7-19-11-6-5-10(8-12(11)18-4-2)9-13-14(17)16-15(20)21-13/h5-6,8-9H,3-4,7H2,1-2H3,(H,16,17,20)/b13-9+. The van der Waals surface area contributed by atoms with Crippen molar-refractivity contribution >= 4 is 40.3 Å². The van der Waals surface area contributed by atoms with Gasteiger partial charge < -0.3 is 14.8 Å². The molecule has 0 radical (unpaired) electrons. The summed E-state index contributed by atoms with van der Waals surface area (Å²) in [6.07, 6.45) is 2.73. The SMILES string of the molecule is CCCOc1ccc(/C=C2/SC(=S)NC2=O)cc1OCC. The molecule has 1 N–H and O–H groups in total. The van der Waals surface area contributed by atoms with Gasteiger partial charge in [0.15, 0.2) is 11.5 Å². The number of carbonyl (C=O) groups is 1. The van der Waals surface area contributed by atoms with Crippen molar-refractivity contribution in [1.29, 1.82) is 0 Å². The molecule has 21 heavy (non-hydrogen) atoms. The van der Waals surface area contributed by atoms with E-state index in [0.717, 1.165) is 17.7 Å². The highest BCUT2D eigenvalue weighted by atomic mass is 32.2. The highest BCUT2D eigenvalue weighted by Crippen LogP contribution is 2.31. The fraction of sp³-hybridized carbons (Fsp3) is 0.333. The van der Waals surface area contributed by atoms with Crippen molar-refractivity contribution in [2.24, 2.45) is 0 Å². The molecule has 0 aliphatic carbocycles. The first kappa shape index (κ1) is 15.9. The van der Waals surface area contributed by atoms with E-state index < -0.39 is 0 Å². The van der Waals surface area contributed by atoms with E-state index in [-0.39, 0.29) is 5.91 Å². The van der Waals surface area contributed by atoms with Gasteiger partial charge in [0.2, 0.25) is 0 Å². The number of hydrogen-bond donors (Lipinski definition) is 1. The van der Waals surface area contributed by atoms with Crippen LogP contribution in [0.15, 0.2) is 23.1 Å². The molecule has 1 amide bonds. The van der Waals surface area contributed by atoms with Gasteiger partial charge in [0.1, 0.15) is 4.32 Å². The number of hydrogen-bond acceptors (Lipinski definition) is 5. The molecule has 0 spiro atoms. The Morgan fingerprint density at radius 1 is 1.29 bits per heavy atom. The fourth-order valence-electron chi connectivity index (χ4n) is 1.79. The van der Waals surface area contributed by atoms with Gasteiger partial charge in [0, 0.05) is 0 Å². The molecule has 0 saturated carbocycles. The molecule has 1 aliphatic heterocycles. The van der Waals surface area contributed by atoms with Gasteiger partial charge >= 0.3 is 0 Å². The summed E-state index contributed by atoms with van der Waals surface area (Å²) in [6.45, 7) is 5.18. The minimum atomic E-state index is -0.158. The quantitative estimate of drug-likeness (QED) is 0.642. The van der Waals surface area contributed by atoms with Gasteiger partial charge in [-0.25, -0.2) is 0 Å². The Kier molecular flexibility index (Phi) is 5.64. The Labute approximate surface area is 133 Å². The molecular formula is C15H17NO3S2. The van der Waals surface area contributed by atoms with E-state index in [4.69, 9.17) is 21.7 Å². The van der Waals surface area contributed by atoms with Gasteiger partial charge in [-0.15, -0.1) is 0 Å². The van der Waals surface area contributed by atoms with E-state index in [2.05, 4.69) is 12.2 Å². The van der Waals surface area contributed by atoms with Crippen LogP contribution in [0.4, 0.5) is 0 Å². The van der Waals surface area contributed by atoms with Crippen LogP contribution in [0.2, 0.25) is 0 Å². The lowest BCUT2D eigenvalue weighted by molar-refractivity contribution is -0.115. The molecule has 112 valence electrons. The summed E-state index contributed by atoms with van der Waals surface area (Å²) < 4.78 is 11.7. The molecular weight excluding hydrogens is 306 g/mol. The van der Waals surface area contributed by atoms with Gasteiger partial charge in [0.25, 0.3) is 5.91 Å². The third kappa shape index (κ3) is 4.22. The highest BCUT2D eigenvalue weighted by molar-refractivity contribution is 8.26. The number of benzene rings is 1. The predicted molar refractivity (Wildman–Crippen MR) is 89.7 cm³/mol. The Bertz CT molecular complexity index is 584. The average molecular weight is 323 g/mol. The Balaban J connectivity index is 2.25. The molecule has 1 aromatic rings. The molecule has 0 aromatic heterocycles. The second-order valence-corrected chi connectivity index (χ2v) is 6.06. The van der Waals surface area contributed by atoms with Crippen LogP contribution in [-0.2, 0) is 4.79 Å². The van der Waals surface area contributed by atoms with Crippen molar-refractivity contribution in [3.63, 3.8) is 0 Å². The van der Waals surface area contributed by atoms with E-state index >= 15 is 0 Å². The van der Waals surface area contributed by atoms with E-state index in [0.29, 0.717) is 28.2 Å². The second kappa shape index (κ2) is 7.47. The number of thioether (sulfide) groups is 1. The molecule has 1 fully saturated rings. The van der Waals surface area contributed by atoms with Crippen LogP contribution in [-0.4, -0.2) is 23.4 Å². The summed E-state index contributed by atoms with van der Waals surface area (Å²) in [5.74, 6) is 1.25. The van der Waals surface area contributed by atoms with Gasteiger partial charge in [0.05, 0.1) is 18.1 Å². The molecule has 1 heterocycles. The normalized spacial score (nSPS) is 16.2. The van der Waals surface area contributed by atoms with Crippen LogP contribution in [0.25, 0.3) is 6.08 Å². The molecule has 6 heteroatoms. The van der Waals surface area contributed by atoms with Crippen molar-refractivity contribution in [2.45, 2.75) is 20.3 Å². The Morgan fingerprint density at radius 3 is 2.71 bits per heavy atom. The lowest BCUT2D eigenvalue weighted by atomic mass is 10.2. The first-order valence-corrected chi connectivity index (χ1v) is 8.01. The van der Waals surface area contributed by atoms with Gasteiger partial charge in [-0.3, -0.25) is 4.79 Å². The van der Waals surface area contributed by atoms with Crippen molar-refractivity contribution in [3.8, 4) is 11.5 Å². The lowest BCUT2D eigenvalue weighted by Gasteiger charge is -2.12. The highest BCUT2D eigenvalue weighted by Gasteiger charge is 2.22. The van der Waals surface area contributed by atoms with Crippen molar-refractivity contribution in [3.05, 3.63) is 28.7 Å². The zero-order chi connectivity index (χ0) is 15.2. The van der Waals surface area contributed by atoms with Crippen LogP contribution in [0.5, 0.6) is 11.5 Å². The fourth-order valence-corrected chi connectivity index (χ4v) is 2.83. The van der Waals surface area contributed by atoms with E-state index in [1.807, 2.05) is 25.1 Å². The number of ether oxygens (including phenoxy) is 2. The maximum atomic E-state index is 11.7. The second-order valence-electron chi connectivity index (χ2n) is 4.34. The largest absolute Gasteiger partial charge is 0.490 e. The monoisotopic (exact) mass is 323 g/mol. The number of carbonyl (C=O) groups excluding carboxylic acids is 1. The van der Waals surface area contributed by atoms with Crippen molar-refractivity contribution in [2.75, 3.05) is 13.2 Å². The third-order valence-electron chi connectivity index (χ3n) is 2.67. The zero-order valence-electron chi connectivity index (χ0n) is 12.0. The average Bonchev–Trinajstić information content (AvgIpc) is 2.76. The third-order valence-corrected chi connectivity index (χ3v) is 3.83. The van der Waals surface area contributed by atoms with Crippen LogP contribution >= 0.6 is 24.0 Å². The van der Waals surface area contributed by atoms with Crippen LogP contribution in [0.1, 0.15) is 25.8 Å². The number of thiocarbonyl (C=S) groups is 1. The maximum Gasteiger partial charge on any atom is 0.263 e. The minimum Gasteiger partial charge on any atom is -0.490 e. The minimum absolute atomic E-state index is 0.158. The molecule has 1 aromatic carbocycles. The van der Waals surface area contributed by atoms with Crippen molar-refractivity contribution < 1.29 is 14.3 Å². The summed E-state index contributed by atoms with van der Waals surface area (Å²) in [7, 11) is 0. The van der Waals surface area contributed by atoms with E-state index in [1.54, 1.807) is 6.08 Å². The molecule has 0 atom stereocenters. The van der Waals surface area contributed by atoms with E-state index in [1.165, 1.54) is 11.8 Å². The Hall–Kier alpha value is -1.53. The van der Waals surface area contributed by atoms with Gasteiger partial charge in [-0.2, -0.15) is 0 Å². The summed E-state index contributed by atoms with van der Waals surface area (Å²) in [5.41, 5.74) is 0.879. The number of amides is 1. The lowest BCUT2D eigenvalue weighted by Crippen LogP contribution is -2.17. The van der Waals surface area contributed by atoms with E-state index in [9.17, 15) is 4.79 Å². The van der Waals surface area contributed by atoms with Crippen LogP contribution in [0.3, 0.4) is 0 Å². The maximum absolute atomic E-state index is 11.7. The predicted octanol–water partition coefficient (Wildman–Crippen LogP) is 3.36. The first-order chi connectivity index (χ1) is 10.1.